The Labute approximate surface area is 169 Å². The Balaban J connectivity index is 1.39. The Morgan fingerprint density at radius 3 is 1.97 bits per heavy atom. The number of aryl methyl sites for hydroxylation is 1. The van der Waals surface area contributed by atoms with Crippen molar-refractivity contribution in [3.05, 3.63) is 66.2 Å². The van der Waals surface area contributed by atoms with Crippen LogP contribution in [0.1, 0.15) is 12.0 Å². The number of carbonyl (C=O) groups excluding carboxylic acids is 2. The molecule has 1 N–H and O–H groups in total. The minimum absolute atomic E-state index is 0.0721. The van der Waals surface area contributed by atoms with Crippen molar-refractivity contribution in [3.63, 3.8) is 0 Å². The molecule has 0 spiro atoms. The van der Waals surface area contributed by atoms with E-state index in [1.807, 2.05) is 31.2 Å². The van der Waals surface area contributed by atoms with E-state index in [0.29, 0.717) is 11.4 Å². The van der Waals surface area contributed by atoms with Crippen molar-refractivity contribution in [2.75, 3.05) is 9.62 Å². The van der Waals surface area contributed by atoms with E-state index >= 15 is 0 Å². The van der Waals surface area contributed by atoms with Crippen LogP contribution in [-0.4, -0.2) is 20.2 Å². The monoisotopic (exact) mass is 408 g/mol. The summed E-state index contributed by atoms with van der Waals surface area (Å²) in [7, 11) is -3.76. The third kappa shape index (κ3) is 2.80. The van der Waals surface area contributed by atoms with Gasteiger partial charge in [0.1, 0.15) is 0 Å². The average molecular weight is 408 g/mol. The largest absolute Gasteiger partial charge is 0.280 e. The molecule has 148 valence electrons. The minimum Gasteiger partial charge on any atom is -0.280 e. The first kappa shape index (κ1) is 18.1. The Morgan fingerprint density at radius 2 is 1.41 bits per heavy atom. The fourth-order valence-corrected chi connectivity index (χ4v) is 5.83. The molecule has 2 bridgehead atoms. The first-order valence-corrected chi connectivity index (χ1v) is 11.1. The number of amides is 2. The second kappa shape index (κ2) is 6.29. The van der Waals surface area contributed by atoms with Gasteiger partial charge < -0.3 is 0 Å². The van der Waals surface area contributed by atoms with Crippen molar-refractivity contribution in [1.82, 2.24) is 0 Å². The third-order valence-electron chi connectivity index (χ3n) is 6.18. The highest BCUT2D eigenvalue weighted by molar-refractivity contribution is 7.92. The molecule has 2 aromatic rings. The fraction of sp³-hybridized carbons (Fsp3) is 0.273. The van der Waals surface area contributed by atoms with Crippen LogP contribution in [0.3, 0.4) is 0 Å². The highest BCUT2D eigenvalue weighted by Crippen LogP contribution is 2.53. The molecule has 1 heterocycles. The molecule has 1 saturated heterocycles. The lowest BCUT2D eigenvalue weighted by Gasteiger charge is -2.17. The Hall–Kier alpha value is -2.93. The lowest BCUT2D eigenvalue weighted by Crippen LogP contribution is -2.32. The molecule has 7 heteroatoms. The van der Waals surface area contributed by atoms with Gasteiger partial charge in [0.25, 0.3) is 10.0 Å². The highest BCUT2D eigenvalue weighted by Gasteiger charge is 2.59. The topological polar surface area (TPSA) is 83.6 Å². The summed E-state index contributed by atoms with van der Waals surface area (Å²) in [6, 6.07) is 12.9. The van der Waals surface area contributed by atoms with Gasteiger partial charge >= 0.3 is 0 Å². The number of allylic oxidation sites excluding steroid dienone is 2. The number of hydrogen-bond donors (Lipinski definition) is 1. The minimum atomic E-state index is -3.76. The van der Waals surface area contributed by atoms with Gasteiger partial charge in [-0.25, -0.2) is 8.42 Å². The van der Waals surface area contributed by atoms with Gasteiger partial charge in [-0.15, -0.1) is 0 Å². The van der Waals surface area contributed by atoms with Crippen LogP contribution in [0.25, 0.3) is 0 Å². The summed E-state index contributed by atoms with van der Waals surface area (Å²) in [4.78, 5) is 27.1. The van der Waals surface area contributed by atoms with Gasteiger partial charge in [-0.1, -0.05) is 29.8 Å². The number of rotatable bonds is 4. The molecule has 0 aromatic heterocycles. The second-order valence-corrected chi connectivity index (χ2v) is 9.66. The van der Waals surface area contributed by atoms with Crippen LogP contribution in [0.2, 0.25) is 0 Å². The maximum atomic E-state index is 12.9. The Morgan fingerprint density at radius 1 is 0.862 bits per heavy atom. The third-order valence-corrected chi connectivity index (χ3v) is 7.58. The molecule has 2 aromatic carbocycles. The van der Waals surface area contributed by atoms with E-state index in [4.69, 9.17) is 0 Å². The summed E-state index contributed by atoms with van der Waals surface area (Å²) in [6.45, 7) is 1.92. The molecule has 1 aliphatic heterocycles. The fourth-order valence-electron chi connectivity index (χ4n) is 4.77. The van der Waals surface area contributed by atoms with Crippen LogP contribution >= 0.6 is 0 Å². The predicted octanol–water partition coefficient (Wildman–Crippen LogP) is 3.11. The van der Waals surface area contributed by atoms with Crippen molar-refractivity contribution in [2.24, 2.45) is 23.7 Å². The molecule has 29 heavy (non-hydrogen) atoms. The van der Waals surface area contributed by atoms with Gasteiger partial charge in [0.15, 0.2) is 0 Å². The van der Waals surface area contributed by atoms with E-state index in [1.54, 1.807) is 12.1 Å². The molecule has 2 fully saturated rings. The predicted molar refractivity (Wildman–Crippen MR) is 109 cm³/mol. The van der Waals surface area contributed by atoms with Gasteiger partial charge in [0.05, 0.1) is 22.4 Å². The number of nitrogens with zero attached hydrogens (tertiary/aromatic N) is 1. The molecule has 1 unspecified atom stereocenters. The van der Waals surface area contributed by atoms with Crippen molar-refractivity contribution in [3.8, 4) is 0 Å². The summed E-state index contributed by atoms with van der Waals surface area (Å²) < 4.78 is 27.8. The van der Waals surface area contributed by atoms with E-state index < -0.39 is 10.0 Å². The molecule has 3 aliphatic rings. The number of hydrogen-bond acceptors (Lipinski definition) is 4. The summed E-state index contributed by atoms with van der Waals surface area (Å²) in [5, 5.41) is 0. The van der Waals surface area contributed by atoms with Crippen LogP contribution in [0.5, 0.6) is 0 Å². The van der Waals surface area contributed by atoms with Crippen LogP contribution < -0.4 is 9.62 Å². The number of anilines is 2. The summed E-state index contributed by atoms with van der Waals surface area (Å²) in [5.74, 6) is -0.613. The summed E-state index contributed by atoms with van der Waals surface area (Å²) >= 11 is 0. The van der Waals surface area contributed by atoms with Crippen molar-refractivity contribution < 1.29 is 18.0 Å². The molecular formula is C22H20N2O4S. The number of carbonyl (C=O) groups is 2. The zero-order valence-electron chi connectivity index (χ0n) is 15.8. The van der Waals surface area contributed by atoms with E-state index in [9.17, 15) is 18.0 Å². The molecule has 2 aliphatic carbocycles. The first-order chi connectivity index (χ1) is 13.8. The quantitative estimate of drug-likeness (QED) is 0.622. The van der Waals surface area contributed by atoms with Gasteiger partial charge in [0.2, 0.25) is 11.8 Å². The Bertz CT molecular complexity index is 1110. The highest BCUT2D eigenvalue weighted by atomic mass is 32.2. The number of fused-ring (bicyclic) bond motifs is 5. The molecule has 0 radical (unpaired) electrons. The number of sulfonamides is 1. The van der Waals surface area contributed by atoms with Crippen molar-refractivity contribution in [1.29, 1.82) is 0 Å². The average Bonchev–Trinajstić information content (AvgIpc) is 3.37. The lowest BCUT2D eigenvalue weighted by atomic mass is 9.85. The maximum absolute atomic E-state index is 12.9. The first-order valence-electron chi connectivity index (χ1n) is 9.61. The zero-order valence-corrected chi connectivity index (χ0v) is 16.6. The number of imide groups is 1. The normalized spacial score (nSPS) is 27.6. The molecule has 4 atom stereocenters. The number of nitrogens with one attached hydrogen (secondary N) is 1. The second-order valence-electron chi connectivity index (χ2n) is 7.98. The van der Waals surface area contributed by atoms with Crippen molar-refractivity contribution >= 4 is 33.2 Å². The van der Waals surface area contributed by atoms with E-state index in [2.05, 4.69) is 4.72 Å². The maximum Gasteiger partial charge on any atom is 0.261 e. The molecule has 5 rings (SSSR count). The van der Waals surface area contributed by atoms with Crippen LogP contribution in [0.15, 0.2) is 65.6 Å². The van der Waals surface area contributed by atoms with Crippen LogP contribution in [0.4, 0.5) is 11.4 Å². The molecule has 2 amide bonds. The van der Waals surface area contributed by atoms with Gasteiger partial charge in [-0.05, 0) is 61.6 Å². The van der Waals surface area contributed by atoms with E-state index in [0.717, 1.165) is 12.0 Å². The SMILES string of the molecule is Cc1ccc(NS(=O)(=O)c2ccc(N3C(=O)[C@@H]4[C@H](C3=O)C3C=C[C@H]4C3)cc2)cc1. The Kier molecular flexibility index (Phi) is 3.93. The smallest absolute Gasteiger partial charge is 0.261 e. The summed E-state index contributed by atoms with van der Waals surface area (Å²) in [6.07, 6.45) is 4.97. The van der Waals surface area contributed by atoms with Crippen LogP contribution in [0, 0.1) is 30.6 Å². The summed E-state index contributed by atoms with van der Waals surface area (Å²) in [5.41, 5.74) is 1.93. The molecule has 1 saturated carbocycles. The van der Waals surface area contributed by atoms with Gasteiger partial charge in [0, 0.05) is 5.69 Å². The van der Waals surface area contributed by atoms with Gasteiger partial charge in [-0.2, -0.15) is 0 Å². The van der Waals surface area contributed by atoms with Gasteiger partial charge in [-0.3, -0.25) is 19.2 Å². The molecule has 6 nitrogen and oxygen atoms in total. The number of benzene rings is 2. The lowest BCUT2D eigenvalue weighted by molar-refractivity contribution is -0.123. The van der Waals surface area contributed by atoms with Crippen molar-refractivity contribution in [2.45, 2.75) is 18.2 Å². The zero-order chi connectivity index (χ0) is 20.3. The van der Waals surface area contributed by atoms with Crippen LogP contribution in [-0.2, 0) is 19.6 Å². The van der Waals surface area contributed by atoms with E-state index in [1.165, 1.54) is 29.2 Å². The standard InChI is InChI=1S/C22H20N2O4S/c1-13-2-6-16(7-3-13)23-29(27,28)18-10-8-17(9-11-18)24-21(25)19-14-4-5-15(12-14)20(19)22(24)26/h2-11,14-15,19-20,23H,12H2,1H3/t14-,15?,19-,20+/m0/s1. The van der Waals surface area contributed by atoms with E-state index in [-0.39, 0.29) is 40.4 Å². The molecular weight excluding hydrogens is 388 g/mol.